The molecule has 94 valence electrons. The first-order chi connectivity index (χ1) is 8.22. The third kappa shape index (κ3) is 3.12. The molecule has 1 aromatic heterocycles. The molecule has 5 heteroatoms. The highest BCUT2D eigenvalue weighted by molar-refractivity contribution is 9.10. The Morgan fingerprint density at radius 3 is 2.82 bits per heavy atom. The van der Waals surface area contributed by atoms with Crippen molar-refractivity contribution in [1.29, 1.82) is 0 Å². The number of nitrogens with zero attached hydrogens (tertiary/aromatic N) is 2. The van der Waals surface area contributed by atoms with Crippen LogP contribution >= 0.6 is 27.5 Å². The second-order valence-corrected chi connectivity index (χ2v) is 5.64. The van der Waals surface area contributed by atoms with E-state index in [0.717, 1.165) is 23.3 Å². The summed E-state index contributed by atoms with van der Waals surface area (Å²) in [4.78, 5) is 6.63. The third-order valence-corrected chi connectivity index (χ3v) is 3.84. The molecule has 0 unspecified atom stereocenters. The molecule has 17 heavy (non-hydrogen) atoms. The Morgan fingerprint density at radius 2 is 2.29 bits per heavy atom. The zero-order chi connectivity index (χ0) is 12.3. The van der Waals surface area contributed by atoms with Crippen LogP contribution in [0.4, 0.5) is 5.82 Å². The highest BCUT2D eigenvalue weighted by atomic mass is 79.9. The van der Waals surface area contributed by atoms with Gasteiger partial charge in [0.15, 0.2) is 0 Å². The van der Waals surface area contributed by atoms with Crippen LogP contribution in [-0.2, 0) is 0 Å². The molecule has 1 saturated carbocycles. The SMILES string of the molecule is OCCCN(c1ncc(Br)cc1Cl)C1CCC1. The molecular formula is C12H16BrClN2O. The summed E-state index contributed by atoms with van der Waals surface area (Å²) in [7, 11) is 0. The minimum atomic E-state index is 0.206. The van der Waals surface area contributed by atoms with Crippen molar-refractivity contribution in [3.63, 3.8) is 0 Å². The maximum absolute atomic E-state index is 8.96. The summed E-state index contributed by atoms with van der Waals surface area (Å²) in [5, 5.41) is 9.63. The number of hydrogen-bond donors (Lipinski definition) is 1. The maximum Gasteiger partial charge on any atom is 0.147 e. The smallest absolute Gasteiger partial charge is 0.147 e. The molecule has 0 bridgehead atoms. The van der Waals surface area contributed by atoms with Gasteiger partial charge in [-0.15, -0.1) is 0 Å². The summed E-state index contributed by atoms with van der Waals surface area (Å²) in [5.74, 6) is 0.841. The molecule has 0 atom stereocenters. The number of aliphatic hydroxyl groups excluding tert-OH is 1. The number of aliphatic hydroxyl groups is 1. The summed E-state index contributed by atoms with van der Waals surface area (Å²) in [6.45, 7) is 1.02. The van der Waals surface area contributed by atoms with Crippen LogP contribution in [0, 0.1) is 0 Å². The van der Waals surface area contributed by atoms with Gasteiger partial charge >= 0.3 is 0 Å². The Hall–Kier alpha value is -0.320. The molecule has 1 N–H and O–H groups in total. The van der Waals surface area contributed by atoms with Gasteiger partial charge in [0.25, 0.3) is 0 Å². The molecule has 1 aliphatic rings. The molecule has 0 aliphatic heterocycles. The van der Waals surface area contributed by atoms with Gasteiger partial charge in [0, 0.05) is 29.9 Å². The second kappa shape index (κ2) is 6.03. The van der Waals surface area contributed by atoms with E-state index in [9.17, 15) is 0 Å². The summed E-state index contributed by atoms with van der Waals surface area (Å²) < 4.78 is 0.891. The summed E-state index contributed by atoms with van der Waals surface area (Å²) in [6, 6.07) is 2.40. The lowest BCUT2D eigenvalue weighted by Crippen LogP contribution is -2.41. The number of anilines is 1. The average molecular weight is 320 g/mol. The second-order valence-electron chi connectivity index (χ2n) is 4.31. The Morgan fingerprint density at radius 1 is 1.53 bits per heavy atom. The Bertz CT molecular complexity index is 385. The molecular weight excluding hydrogens is 304 g/mol. The fourth-order valence-corrected chi connectivity index (χ4v) is 2.76. The van der Waals surface area contributed by atoms with Crippen LogP contribution in [0.2, 0.25) is 5.02 Å². The van der Waals surface area contributed by atoms with Crippen LogP contribution in [0.15, 0.2) is 16.7 Å². The number of rotatable bonds is 5. The van der Waals surface area contributed by atoms with E-state index >= 15 is 0 Å². The molecule has 3 nitrogen and oxygen atoms in total. The Labute approximate surface area is 115 Å². The van der Waals surface area contributed by atoms with Crippen LogP contribution < -0.4 is 4.90 Å². The van der Waals surface area contributed by atoms with Crippen LogP contribution in [-0.4, -0.2) is 29.3 Å². The molecule has 1 heterocycles. The van der Waals surface area contributed by atoms with Gasteiger partial charge in [-0.25, -0.2) is 4.98 Å². The summed E-state index contributed by atoms with van der Waals surface area (Å²) in [5.41, 5.74) is 0. The minimum absolute atomic E-state index is 0.206. The van der Waals surface area contributed by atoms with Crippen molar-refractivity contribution >= 4 is 33.3 Å². The van der Waals surface area contributed by atoms with Crippen LogP contribution in [0.25, 0.3) is 0 Å². The van der Waals surface area contributed by atoms with E-state index in [2.05, 4.69) is 25.8 Å². The fourth-order valence-electron chi connectivity index (χ4n) is 2.02. The predicted octanol–water partition coefficient (Wildman–Crippen LogP) is 3.24. The largest absolute Gasteiger partial charge is 0.396 e. The predicted molar refractivity (Wildman–Crippen MR) is 73.6 cm³/mol. The minimum Gasteiger partial charge on any atom is -0.396 e. The van der Waals surface area contributed by atoms with E-state index in [4.69, 9.17) is 16.7 Å². The standard InChI is InChI=1S/C12H16BrClN2O/c13-9-7-11(14)12(15-8-9)16(5-2-6-17)10-3-1-4-10/h7-8,10,17H,1-6H2. The van der Waals surface area contributed by atoms with Gasteiger partial charge in [-0.2, -0.15) is 0 Å². The number of hydrogen-bond acceptors (Lipinski definition) is 3. The monoisotopic (exact) mass is 318 g/mol. The molecule has 1 fully saturated rings. The van der Waals surface area contributed by atoms with E-state index in [0.29, 0.717) is 11.1 Å². The van der Waals surface area contributed by atoms with E-state index in [-0.39, 0.29) is 6.61 Å². The topological polar surface area (TPSA) is 36.4 Å². The van der Waals surface area contributed by atoms with Crippen molar-refractivity contribution in [3.8, 4) is 0 Å². The number of halogens is 2. The zero-order valence-corrected chi connectivity index (χ0v) is 11.9. The van der Waals surface area contributed by atoms with Gasteiger partial charge < -0.3 is 10.0 Å². The van der Waals surface area contributed by atoms with Gasteiger partial charge in [0.2, 0.25) is 0 Å². The van der Waals surface area contributed by atoms with E-state index in [1.165, 1.54) is 19.3 Å². The Kier molecular flexibility index (Phi) is 4.65. The van der Waals surface area contributed by atoms with E-state index < -0.39 is 0 Å². The van der Waals surface area contributed by atoms with Gasteiger partial charge in [-0.1, -0.05) is 11.6 Å². The van der Waals surface area contributed by atoms with Gasteiger partial charge in [-0.05, 0) is 47.7 Å². The first-order valence-electron chi connectivity index (χ1n) is 5.91. The zero-order valence-electron chi connectivity index (χ0n) is 9.57. The lowest BCUT2D eigenvalue weighted by Gasteiger charge is -2.38. The highest BCUT2D eigenvalue weighted by Crippen LogP contribution is 2.33. The summed E-state index contributed by atoms with van der Waals surface area (Å²) >= 11 is 9.59. The van der Waals surface area contributed by atoms with Gasteiger partial charge in [0.05, 0.1) is 5.02 Å². The molecule has 0 spiro atoms. The fraction of sp³-hybridized carbons (Fsp3) is 0.583. The molecule has 0 amide bonds. The average Bonchev–Trinajstić information content (AvgIpc) is 2.22. The lowest BCUT2D eigenvalue weighted by atomic mass is 9.91. The lowest BCUT2D eigenvalue weighted by molar-refractivity contribution is 0.282. The molecule has 1 aromatic rings. The van der Waals surface area contributed by atoms with Gasteiger partial charge in [-0.3, -0.25) is 0 Å². The first-order valence-corrected chi connectivity index (χ1v) is 7.08. The maximum atomic E-state index is 8.96. The molecule has 1 aliphatic carbocycles. The molecule has 0 radical (unpaired) electrons. The van der Waals surface area contributed by atoms with Crippen LogP contribution in [0.1, 0.15) is 25.7 Å². The van der Waals surface area contributed by atoms with Crippen molar-refractivity contribution in [2.24, 2.45) is 0 Å². The van der Waals surface area contributed by atoms with Crippen molar-refractivity contribution in [2.45, 2.75) is 31.7 Å². The molecule has 0 aromatic carbocycles. The van der Waals surface area contributed by atoms with Crippen LogP contribution in [0.5, 0.6) is 0 Å². The number of pyridine rings is 1. The molecule has 0 saturated heterocycles. The number of aromatic nitrogens is 1. The van der Waals surface area contributed by atoms with Crippen molar-refractivity contribution in [2.75, 3.05) is 18.1 Å². The molecule has 2 rings (SSSR count). The van der Waals surface area contributed by atoms with Crippen molar-refractivity contribution < 1.29 is 5.11 Å². The normalized spacial score (nSPS) is 15.7. The van der Waals surface area contributed by atoms with Crippen LogP contribution in [0.3, 0.4) is 0 Å². The van der Waals surface area contributed by atoms with E-state index in [1.54, 1.807) is 6.20 Å². The summed E-state index contributed by atoms with van der Waals surface area (Å²) in [6.07, 6.45) is 6.18. The van der Waals surface area contributed by atoms with Crippen molar-refractivity contribution in [3.05, 3.63) is 21.8 Å². The van der Waals surface area contributed by atoms with Crippen molar-refractivity contribution in [1.82, 2.24) is 4.98 Å². The van der Waals surface area contributed by atoms with E-state index in [1.807, 2.05) is 6.07 Å². The van der Waals surface area contributed by atoms with Gasteiger partial charge in [0.1, 0.15) is 5.82 Å². The quantitative estimate of drug-likeness (QED) is 0.905. The highest BCUT2D eigenvalue weighted by Gasteiger charge is 2.26. The first kappa shape index (κ1) is 13.1. The third-order valence-electron chi connectivity index (χ3n) is 3.13. The Balaban J connectivity index is 2.17.